The summed E-state index contributed by atoms with van der Waals surface area (Å²) in [5.41, 5.74) is 0.616. The number of anilines is 1. The van der Waals surface area contributed by atoms with E-state index in [1.54, 1.807) is 19.1 Å². The van der Waals surface area contributed by atoms with Gasteiger partial charge in [0.25, 0.3) is 0 Å². The van der Waals surface area contributed by atoms with Crippen molar-refractivity contribution < 1.29 is 23.1 Å². The van der Waals surface area contributed by atoms with Crippen LogP contribution in [0.2, 0.25) is 0 Å². The van der Waals surface area contributed by atoms with Crippen LogP contribution in [0, 0.1) is 0 Å². The van der Waals surface area contributed by atoms with Crippen LogP contribution in [0.3, 0.4) is 0 Å². The van der Waals surface area contributed by atoms with Crippen molar-refractivity contribution in [3.8, 4) is 0 Å². The predicted molar refractivity (Wildman–Crippen MR) is 69.4 cm³/mol. The predicted octanol–water partition coefficient (Wildman–Crippen LogP) is 1.43. The van der Waals surface area contributed by atoms with E-state index in [9.17, 15) is 13.2 Å². The minimum absolute atomic E-state index is 0.121. The standard InChI is InChI=1S/C12H13NO5S/c1-8-6-19(16,17)7-11(18-8)13-10-4-2-3-9(5-10)12(14)15/h2-6,11,13H,7H2,1H3,(H,14,15). The summed E-state index contributed by atoms with van der Waals surface area (Å²) >= 11 is 0. The van der Waals surface area contributed by atoms with Gasteiger partial charge in [0.15, 0.2) is 16.1 Å². The minimum atomic E-state index is -3.29. The number of hydrogen-bond acceptors (Lipinski definition) is 5. The highest BCUT2D eigenvalue weighted by Gasteiger charge is 2.24. The fourth-order valence-corrected chi connectivity index (χ4v) is 3.03. The molecule has 0 saturated carbocycles. The Morgan fingerprint density at radius 3 is 2.84 bits per heavy atom. The minimum Gasteiger partial charge on any atom is -0.478 e. The molecule has 0 spiro atoms. The number of benzene rings is 1. The molecular formula is C12H13NO5S. The molecule has 2 N–H and O–H groups in total. The van der Waals surface area contributed by atoms with E-state index in [0.29, 0.717) is 11.4 Å². The third-order valence-electron chi connectivity index (χ3n) is 2.49. The number of sulfone groups is 1. The maximum atomic E-state index is 11.5. The summed E-state index contributed by atoms with van der Waals surface area (Å²) in [6.07, 6.45) is -0.723. The topological polar surface area (TPSA) is 92.7 Å². The van der Waals surface area contributed by atoms with Crippen molar-refractivity contribution in [1.29, 1.82) is 0 Å². The van der Waals surface area contributed by atoms with Gasteiger partial charge in [-0.15, -0.1) is 0 Å². The SMILES string of the molecule is CC1=CS(=O)(=O)CC(Nc2cccc(C(=O)O)c2)O1. The first-order valence-corrected chi connectivity index (χ1v) is 7.25. The third kappa shape index (κ3) is 3.47. The van der Waals surface area contributed by atoms with Crippen molar-refractivity contribution in [2.24, 2.45) is 0 Å². The first kappa shape index (κ1) is 13.4. The zero-order valence-corrected chi connectivity index (χ0v) is 11.0. The largest absolute Gasteiger partial charge is 0.478 e. The lowest BCUT2D eigenvalue weighted by atomic mass is 10.2. The number of nitrogens with one attached hydrogen (secondary N) is 1. The van der Waals surface area contributed by atoms with Gasteiger partial charge < -0.3 is 15.2 Å². The van der Waals surface area contributed by atoms with Crippen LogP contribution in [0.25, 0.3) is 0 Å². The zero-order valence-electron chi connectivity index (χ0n) is 10.2. The Morgan fingerprint density at radius 2 is 2.21 bits per heavy atom. The van der Waals surface area contributed by atoms with E-state index in [1.807, 2.05) is 0 Å². The van der Waals surface area contributed by atoms with E-state index >= 15 is 0 Å². The van der Waals surface area contributed by atoms with Gasteiger partial charge in [-0.2, -0.15) is 0 Å². The highest BCUT2D eigenvalue weighted by atomic mass is 32.2. The Bertz CT molecular complexity index is 635. The molecule has 1 heterocycles. The molecule has 0 bridgehead atoms. The Labute approximate surface area is 110 Å². The number of aromatic carboxylic acids is 1. The van der Waals surface area contributed by atoms with Crippen molar-refractivity contribution in [3.63, 3.8) is 0 Å². The van der Waals surface area contributed by atoms with Crippen LogP contribution >= 0.6 is 0 Å². The molecule has 0 amide bonds. The number of rotatable bonds is 3. The maximum absolute atomic E-state index is 11.5. The lowest BCUT2D eigenvalue weighted by Gasteiger charge is -2.24. The highest BCUT2D eigenvalue weighted by molar-refractivity contribution is 7.94. The highest BCUT2D eigenvalue weighted by Crippen LogP contribution is 2.18. The molecule has 0 saturated heterocycles. The molecule has 1 aromatic carbocycles. The van der Waals surface area contributed by atoms with E-state index in [1.165, 1.54) is 12.1 Å². The van der Waals surface area contributed by atoms with Gasteiger partial charge in [-0.05, 0) is 25.1 Å². The summed E-state index contributed by atoms with van der Waals surface area (Å²) in [6.45, 7) is 1.55. The summed E-state index contributed by atoms with van der Waals surface area (Å²) in [6, 6.07) is 6.10. The van der Waals surface area contributed by atoms with Crippen LogP contribution in [0.1, 0.15) is 17.3 Å². The summed E-state index contributed by atoms with van der Waals surface area (Å²) in [5, 5.41) is 12.8. The molecule has 0 radical (unpaired) electrons. The van der Waals surface area contributed by atoms with Gasteiger partial charge >= 0.3 is 5.97 Å². The number of hydrogen-bond donors (Lipinski definition) is 2. The Balaban J connectivity index is 2.16. The number of carboxylic acid groups (broad SMARTS) is 1. The van der Waals surface area contributed by atoms with Crippen molar-refractivity contribution >= 4 is 21.5 Å². The van der Waals surface area contributed by atoms with Gasteiger partial charge in [-0.3, -0.25) is 0 Å². The van der Waals surface area contributed by atoms with Crippen LogP contribution in [0.5, 0.6) is 0 Å². The first-order chi connectivity index (χ1) is 8.85. The average Bonchev–Trinajstić information content (AvgIpc) is 2.26. The summed E-state index contributed by atoms with van der Waals surface area (Å²) in [7, 11) is -3.29. The van der Waals surface area contributed by atoms with Gasteiger partial charge in [-0.1, -0.05) is 6.07 Å². The Hall–Kier alpha value is -2.02. The first-order valence-electron chi connectivity index (χ1n) is 5.53. The lowest BCUT2D eigenvalue weighted by Crippen LogP contribution is -2.33. The molecule has 102 valence electrons. The van der Waals surface area contributed by atoms with Gasteiger partial charge in [0.05, 0.1) is 11.0 Å². The van der Waals surface area contributed by atoms with Crippen LogP contribution in [-0.4, -0.2) is 31.5 Å². The van der Waals surface area contributed by atoms with Gasteiger partial charge in [0, 0.05) is 5.69 Å². The van der Waals surface area contributed by atoms with E-state index < -0.39 is 22.0 Å². The van der Waals surface area contributed by atoms with Crippen LogP contribution in [0.4, 0.5) is 5.69 Å². The molecule has 7 heteroatoms. The molecule has 0 fully saturated rings. The third-order valence-corrected chi connectivity index (χ3v) is 3.95. The summed E-state index contributed by atoms with van der Waals surface area (Å²) < 4.78 is 28.4. The van der Waals surface area contributed by atoms with E-state index in [0.717, 1.165) is 5.41 Å². The van der Waals surface area contributed by atoms with Gasteiger partial charge in [0.1, 0.15) is 11.5 Å². The number of carbonyl (C=O) groups is 1. The van der Waals surface area contributed by atoms with Gasteiger partial charge in [0.2, 0.25) is 0 Å². The molecule has 1 aliphatic rings. The van der Waals surface area contributed by atoms with Crippen molar-refractivity contribution in [2.75, 3.05) is 11.1 Å². The quantitative estimate of drug-likeness (QED) is 0.871. The van der Waals surface area contributed by atoms with E-state index in [4.69, 9.17) is 9.84 Å². The average molecular weight is 283 g/mol. The van der Waals surface area contributed by atoms with E-state index in [-0.39, 0.29) is 11.3 Å². The van der Waals surface area contributed by atoms with Crippen molar-refractivity contribution in [3.05, 3.63) is 41.0 Å². The molecule has 1 aliphatic heterocycles. The lowest BCUT2D eigenvalue weighted by molar-refractivity contribution is 0.0696. The second-order valence-electron chi connectivity index (χ2n) is 4.19. The van der Waals surface area contributed by atoms with Crippen molar-refractivity contribution in [2.45, 2.75) is 13.2 Å². The molecule has 1 unspecified atom stereocenters. The summed E-state index contributed by atoms with van der Waals surface area (Å²) in [5.74, 6) is -0.934. The van der Waals surface area contributed by atoms with E-state index in [2.05, 4.69) is 5.32 Å². The van der Waals surface area contributed by atoms with Crippen LogP contribution < -0.4 is 5.32 Å². The van der Waals surface area contributed by atoms with Crippen LogP contribution in [0.15, 0.2) is 35.4 Å². The van der Waals surface area contributed by atoms with Crippen molar-refractivity contribution in [1.82, 2.24) is 0 Å². The van der Waals surface area contributed by atoms with Gasteiger partial charge in [-0.25, -0.2) is 13.2 Å². The maximum Gasteiger partial charge on any atom is 0.335 e. The second-order valence-corrected chi connectivity index (χ2v) is 6.09. The smallest absolute Gasteiger partial charge is 0.335 e. The fraction of sp³-hybridized carbons (Fsp3) is 0.250. The molecule has 1 atom stereocenters. The van der Waals surface area contributed by atoms with Crippen LogP contribution in [-0.2, 0) is 14.6 Å². The number of allylic oxidation sites excluding steroid dienone is 1. The number of carboxylic acids is 1. The Morgan fingerprint density at radius 1 is 1.47 bits per heavy atom. The molecule has 19 heavy (non-hydrogen) atoms. The fourth-order valence-electron chi connectivity index (χ4n) is 1.80. The molecule has 2 rings (SSSR count). The monoisotopic (exact) mass is 283 g/mol. The second kappa shape index (κ2) is 4.93. The molecule has 0 aromatic heterocycles. The summed E-state index contributed by atoms with van der Waals surface area (Å²) in [4.78, 5) is 10.8. The molecule has 0 aliphatic carbocycles. The normalized spacial score (nSPS) is 21.1. The molecule has 6 nitrogen and oxygen atoms in total. The Kier molecular flexibility index (Phi) is 3.48. The zero-order chi connectivity index (χ0) is 14.0. The molecule has 1 aromatic rings. The molecular weight excluding hydrogens is 270 g/mol. The number of ether oxygens (including phenoxy) is 1.